The van der Waals surface area contributed by atoms with E-state index in [2.05, 4.69) is 6.08 Å². The van der Waals surface area contributed by atoms with Crippen LogP contribution in [0.5, 0.6) is 0 Å². The van der Waals surface area contributed by atoms with Crippen molar-refractivity contribution in [2.75, 3.05) is 6.61 Å². The number of fused-ring (bicyclic) bond motifs is 1. The van der Waals surface area contributed by atoms with Crippen molar-refractivity contribution in [1.29, 1.82) is 0 Å². The summed E-state index contributed by atoms with van der Waals surface area (Å²) in [4.78, 5) is 0. The molecule has 0 spiro atoms. The predicted octanol–water partition coefficient (Wildman–Crippen LogP) is 0.715. The van der Waals surface area contributed by atoms with Gasteiger partial charge in [0, 0.05) is 6.42 Å². The minimum absolute atomic E-state index is 0.574. The van der Waals surface area contributed by atoms with E-state index < -0.39 is 0 Å². The summed E-state index contributed by atoms with van der Waals surface area (Å²) in [6, 6.07) is 0. The van der Waals surface area contributed by atoms with E-state index in [0.717, 1.165) is 6.61 Å². The van der Waals surface area contributed by atoms with E-state index in [9.17, 15) is 0 Å². The number of rotatable bonds is 0. The van der Waals surface area contributed by atoms with Crippen LogP contribution in [0.3, 0.4) is 0 Å². The van der Waals surface area contributed by atoms with Gasteiger partial charge >= 0.3 is 0 Å². The highest BCUT2D eigenvalue weighted by Gasteiger charge is 2.33. The van der Waals surface area contributed by atoms with Crippen LogP contribution in [-0.4, -0.2) is 12.7 Å². The molecular formula is C5H6O. The molecule has 1 heterocycles. The summed E-state index contributed by atoms with van der Waals surface area (Å²) in [6.07, 6.45) is 3.97. The first-order valence-electron chi connectivity index (χ1n) is 2.27. The van der Waals surface area contributed by atoms with Gasteiger partial charge in [0.1, 0.15) is 0 Å². The van der Waals surface area contributed by atoms with Crippen LogP contribution in [0, 0.1) is 0 Å². The third kappa shape index (κ3) is 0.197. The molecule has 0 radical (unpaired) electrons. The number of hydrogen-bond donors (Lipinski definition) is 0. The summed E-state index contributed by atoms with van der Waals surface area (Å²) in [5.74, 6) is 0. The Morgan fingerprint density at radius 2 is 2.83 bits per heavy atom. The molecule has 1 aliphatic heterocycles. The maximum atomic E-state index is 5.13. The summed E-state index contributed by atoms with van der Waals surface area (Å²) in [6.45, 7) is 0.875. The van der Waals surface area contributed by atoms with Crippen molar-refractivity contribution in [3.8, 4) is 0 Å². The van der Waals surface area contributed by atoms with Crippen LogP contribution in [0.25, 0.3) is 0 Å². The van der Waals surface area contributed by atoms with Crippen molar-refractivity contribution >= 4 is 0 Å². The maximum Gasteiger partial charge on any atom is 0.0829 e. The maximum absolute atomic E-state index is 5.13. The van der Waals surface area contributed by atoms with Crippen LogP contribution >= 0.6 is 0 Å². The highest BCUT2D eigenvalue weighted by atomic mass is 16.5. The quantitative estimate of drug-likeness (QED) is 0.391. The Labute approximate surface area is 36.6 Å². The van der Waals surface area contributed by atoms with Gasteiger partial charge in [0.2, 0.25) is 0 Å². The van der Waals surface area contributed by atoms with Crippen LogP contribution in [0.1, 0.15) is 6.42 Å². The number of ether oxygens (including phenoxy) is 1. The molecule has 2 aliphatic rings. The van der Waals surface area contributed by atoms with E-state index in [4.69, 9.17) is 4.74 Å². The molecule has 0 aromatic carbocycles. The molecule has 1 fully saturated rings. The first kappa shape index (κ1) is 2.80. The number of hydrogen-bond acceptors (Lipinski definition) is 1. The average molecular weight is 82.1 g/mol. The molecule has 0 aromatic heterocycles. The molecule has 32 valence electrons. The van der Waals surface area contributed by atoms with Gasteiger partial charge in [-0.2, -0.15) is 0 Å². The molecule has 0 saturated heterocycles. The molecule has 0 bridgehead atoms. The van der Waals surface area contributed by atoms with Crippen molar-refractivity contribution in [1.82, 2.24) is 0 Å². The first-order valence-corrected chi connectivity index (χ1v) is 2.27. The lowest BCUT2D eigenvalue weighted by molar-refractivity contribution is 0.168. The standard InChI is InChI=1S/C5H6O/c1-2-6-5-3-4(1)5/h1,5H,2-3H2. The molecule has 1 atom stereocenters. The lowest BCUT2D eigenvalue weighted by Crippen LogP contribution is -1.84. The molecule has 2 rings (SSSR count). The van der Waals surface area contributed by atoms with Gasteiger partial charge < -0.3 is 4.74 Å². The Morgan fingerprint density at radius 3 is 3.00 bits per heavy atom. The van der Waals surface area contributed by atoms with Crippen LogP contribution in [0.15, 0.2) is 11.6 Å². The van der Waals surface area contributed by atoms with E-state index in [1.165, 1.54) is 12.0 Å². The summed E-state index contributed by atoms with van der Waals surface area (Å²) < 4.78 is 5.13. The van der Waals surface area contributed by atoms with Gasteiger partial charge in [0.05, 0.1) is 12.7 Å². The first-order chi connectivity index (χ1) is 2.97. The van der Waals surface area contributed by atoms with Crippen molar-refractivity contribution in [2.45, 2.75) is 12.5 Å². The Bertz CT molecular complexity index is 105. The van der Waals surface area contributed by atoms with Crippen LogP contribution in [0.2, 0.25) is 0 Å². The third-order valence-electron chi connectivity index (χ3n) is 1.32. The summed E-state index contributed by atoms with van der Waals surface area (Å²) >= 11 is 0. The Kier molecular flexibility index (Phi) is 0.320. The second-order valence-corrected chi connectivity index (χ2v) is 1.81. The average Bonchev–Trinajstić information content (AvgIpc) is 2.17. The predicted molar refractivity (Wildman–Crippen MR) is 22.4 cm³/mol. The smallest absolute Gasteiger partial charge is 0.0829 e. The lowest BCUT2D eigenvalue weighted by atomic mass is 10.5. The molecule has 0 N–H and O–H groups in total. The minimum Gasteiger partial charge on any atom is -0.369 e. The Morgan fingerprint density at radius 1 is 1.83 bits per heavy atom. The Balaban J connectivity index is 2.35. The van der Waals surface area contributed by atoms with Crippen molar-refractivity contribution in [2.24, 2.45) is 0 Å². The summed E-state index contributed by atoms with van der Waals surface area (Å²) in [7, 11) is 0. The van der Waals surface area contributed by atoms with E-state index >= 15 is 0 Å². The summed E-state index contributed by atoms with van der Waals surface area (Å²) in [5.41, 5.74) is 1.52. The van der Waals surface area contributed by atoms with Crippen LogP contribution < -0.4 is 0 Å². The molecule has 0 amide bonds. The highest BCUT2D eigenvalue weighted by molar-refractivity contribution is 5.29. The topological polar surface area (TPSA) is 9.23 Å². The molecule has 1 nitrogen and oxygen atoms in total. The van der Waals surface area contributed by atoms with Gasteiger partial charge in [0.25, 0.3) is 0 Å². The zero-order valence-corrected chi connectivity index (χ0v) is 3.48. The van der Waals surface area contributed by atoms with E-state index in [0.29, 0.717) is 6.10 Å². The lowest BCUT2D eigenvalue weighted by Gasteiger charge is -1.84. The molecular weight excluding hydrogens is 76.1 g/mol. The van der Waals surface area contributed by atoms with E-state index in [1.807, 2.05) is 0 Å². The van der Waals surface area contributed by atoms with E-state index in [-0.39, 0.29) is 0 Å². The minimum atomic E-state index is 0.574. The Hall–Kier alpha value is -0.300. The monoisotopic (exact) mass is 82.0 g/mol. The molecule has 6 heavy (non-hydrogen) atoms. The van der Waals surface area contributed by atoms with Gasteiger partial charge in [-0.3, -0.25) is 0 Å². The van der Waals surface area contributed by atoms with Crippen LogP contribution in [0.4, 0.5) is 0 Å². The molecule has 1 saturated carbocycles. The summed E-state index contributed by atoms with van der Waals surface area (Å²) in [5, 5.41) is 0. The third-order valence-corrected chi connectivity index (χ3v) is 1.32. The molecule has 1 aliphatic carbocycles. The largest absolute Gasteiger partial charge is 0.369 e. The van der Waals surface area contributed by atoms with Crippen molar-refractivity contribution in [3.05, 3.63) is 11.6 Å². The van der Waals surface area contributed by atoms with Gasteiger partial charge in [-0.15, -0.1) is 0 Å². The zero-order valence-electron chi connectivity index (χ0n) is 3.48. The van der Waals surface area contributed by atoms with Gasteiger partial charge in [-0.1, -0.05) is 6.08 Å². The van der Waals surface area contributed by atoms with Crippen molar-refractivity contribution in [3.63, 3.8) is 0 Å². The second kappa shape index (κ2) is 0.684. The van der Waals surface area contributed by atoms with Crippen molar-refractivity contribution < 1.29 is 4.74 Å². The van der Waals surface area contributed by atoms with Gasteiger partial charge in [-0.25, -0.2) is 0 Å². The molecule has 1 heteroatoms. The normalized spacial score (nSPS) is 38.7. The zero-order chi connectivity index (χ0) is 3.98. The van der Waals surface area contributed by atoms with E-state index in [1.54, 1.807) is 0 Å². The second-order valence-electron chi connectivity index (χ2n) is 1.81. The van der Waals surface area contributed by atoms with Gasteiger partial charge in [-0.05, 0) is 5.57 Å². The fourth-order valence-electron chi connectivity index (χ4n) is 0.807. The molecule has 0 aromatic rings. The fourth-order valence-corrected chi connectivity index (χ4v) is 0.807. The molecule has 1 unspecified atom stereocenters. The fraction of sp³-hybridized carbons (Fsp3) is 0.600. The highest BCUT2D eigenvalue weighted by Crippen LogP contribution is 2.36. The van der Waals surface area contributed by atoms with Gasteiger partial charge in [0.15, 0.2) is 0 Å². The SMILES string of the molecule is C1=C2CC2OC1. The van der Waals surface area contributed by atoms with Crippen LogP contribution in [-0.2, 0) is 4.74 Å².